The van der Waals surface area contributed by atoms with E-state index in [-0.39, 0.29) is 0 Å². The Morgan fingerprint density at radius 2 is 1.80 bits per heavy atom. The molecule has 0 radical (unpaired) electrons. The summed E-state index contributed by atoms with van der Waals surface area (Å²) in [5.41, 5.74) is 7.28. The first kappa shape index (κ1) is 14.8. The van der Waals surface area contributed by atoms with E-state index in [2.05, 4.69) is 4.90 Å². The number of nitrogens with zero attached hydrogens (tertiary/aromatic N) is 1. The zero-order valence-electron chi connectivity index (χ0n) is 13.2. The fourth-order valence-corrected chi connectivity index (χ4v) is 5.16. The molecule has 2 saturated carbocycles. The highest BCUT2D eigenvalue weighted by Gasteiger charge is 2.47. The van der Waals surface area contributed by atoms with Gasteiger partial charge < -0.3 is 10.5 Å². The van der Waals surface area contributed by atoms with Crippen LogP contribution >= 0.6 is 0 Å². The van der Waals surface area contributed by atoms with Crippen LogP contribution in [0.15, 0.2) is 0 Å². The average Bonchev–Trinajstić information content (AvgIpc) is 3.12. The zero-order chi connectivity index (χ0) is 14.1. The standard InChI is InChI=1S/C17H32N2O/c1-20-13-15-4-11-19(12-15)17(14-18)9-7-16(8-10-17)5-2-3-6-16/h15H,2-14,18H2,1H3. The van der Waals surface area contributed by atoms with E-state index in [1.807, 2.05) is 7.11 Å². The second kappa shape index (κ2) is 5.94. The number of methoxy groups -OCH3 is 1. The third-order valence-electron chi connectivity index (χ3n) is 6.64. The Balaban J connectivity index is 1.62. The molecule has 0 aromatic carbocycles. The van der Waals surface area contributed by atoms with Gasteiger partial charge in [-0.2, -0.15) is 0 Å². The minimum atomic E-state index is 0.316. The van der Waals surface area contributed by atoms with E-state index in [4.69, 9.17) is 10.5 Å². The normalized spacial score (nSPS) is 33.0. The highest BCUT2D eigenvalue weighted by atomic mass is 16.5. The Kier molecular flexibility index (Phi) is 4.40. The summed E-state index contributed by atoms with van der Waals surface area (Å²) in [6.07, 6.45) is 12.7. The molecule has 3 heteroatoms. The van der Waals surface area contributed by atoms with Gasteiger partial charge in [0.15, 0.2) is 0 Å². The lowest BCUT2D eigenvalue weighted by atomic mass is 9.66. The molecule has 1 aliphatic heterocycles. The van der Waals surface area contributed by atoms with Crippen LogP contribution < -0.4 is 5.73 Å². The van der Waals surface area contributed by atoms with Crippen LogP contribution in [0.25, 0.3) is 0 Å². The minimum absolute atomic E-state index is 0.316. The molecule has 3 nitrogen and oxygen atoms in total. The van der Waals surface area contributed by atoms with Gasteiger partial charge in [0.1, 0.15) is 0 Å². The Hall–Kier alpha value is -0.120. The van der Waals surface area contributed by atoms with E-state index < -0.39 is 0 Å². The largest absolute Gasteiger partial charge is 0.384 e. The van der Waals surface area contributed by atoms with Crippen molar-refractivity contribution in [3.63, 3.8) is 0 Å². The number of ether oxygens (including phenoxy) is 1. The van der Waals surface area contributed by atoms with Crippen LogP contribution in [0.4, 0.5) is 0 Å². The number of nitrogens with two attached hydrogens (primary N) is 1. The maximum atomic E-state index is 6.25. The maximum absolute atomic E-state index is 6.25. The predicted octanol–water partition coefficient (Wildman–Crippen LogP) is 2.79. The molecule has 0 aromatic heterocycles. The van der Waals surface area contributed by atoms with Crippen molar-refractivity contribution in [2.75, 3.05) is 33.4 Å². The van der Waals surface area contributed by atoms with E-state index in [9.17, 15) is 0 Å². The smallest absolute Gasteiger partial charge is 0.0503 e. The lowest BCUT2D eigenvalue weighted by Gasteiger charge is -2.49. The van der Waals surface area contributed by atoms with Crippen molar-refractivity contribution in [1.82, 2.24) is 4.90 Å². The summed E-state index contributed by atoms with van der Waals surface area (Å²) in [7, 11) is 1.83. The molecule has 0 amide bonds. The summed E-state index contributed by atoms with van der Waals surface area (Å²) in [4.78, 5) is 2.72. The average molecular weight is 280 g/mol. The molecule has 3 aliphatic rings. The van der Waals surface area contributed by atoms with Crippen molar-refractivity contribution in [3.8, 4) is 0 Å². The molecule has 1 saturated heterocycles. The van der Waals surface area contributed by atoms with Crippen molar-refractivity contribution < 1.29 is 4.74 Å². The van der Waals surface area contributed by atoms with Gasteiger partial charge in [-0.25, -0.2) is 0 Å². The summed E-state index contributed by atoms with van der Waals surface area (Å²) >= 11 is 0. The third kappa shape index (κ3) is 2.65. The van der Waals surface area contributed by atoms with E-state index >= 15 is 0 Å². The Morgan fingerprint density at radius 1 is 1.10 bits per heavy atom. The first-order valence-electron chi connectivity index (χ1n) is 8.66. The number of rotatable bonds is 4. The first-order valence-corrected chi connectivity index (χ1v) is 8.66. The van der Waals surface area contributed by atoms with E-state index in [1.165, 1.54) is 70.9 Å². The number of hydrogen-bond acceptors (Lipinski definition) is 3. The van der Waals surface area contributed by atoms with Gasteiger partial charge in [0.2, 0.25) is 0 Å². The molecule has 0 bridgehead atoms. The quantitative estimate of drug-likeness (QED) is 0.860. The van der Waals surface area contributed by atoms with Crippen molar-refractivity contribution >= 4 is 0 Å². The second-order valence-corrected chi connectivity index (χ2v) is 7.69. The summed E-state index contributed by atoms with van der Waals surface area (Å²) in [5.74, 6) is 0.728. The molecule has 1 unspecified atom stereocenters. The third-order valence-corrected chi connectivity index (χ3v) is 6.64. The molecule has 3 fully saturated rings. The van der Waals surface area contributed by atoms with Gasteiger partial charge in [-0.05, 0) is 62.8 Å². The van der Waals surface area contributed by atoms with Crippen LogP contribution in [-0.4, -0.2) is 43.8 Å². The lowest BCUT2D eigenvalue weighted by molar-refractivity contribution is 0.0239. The fraction of sp³-hybridized carbons (Fsp3) is 1.00. The zero-order valence-corrected chi connectivity index (χ0v) is 13.2. The molecule has 1 spiro atoms. The monoisotopic (exact) mass is 280 g/mol. The van der Waals surface area contributed by atoms with Gasteiger partial charge >= 0.3 is 0 Å². The van der Waals surface area contributed by atoms with Crippen molar-refractivity contribution in [3.05, 3.63) is 0 Å². The predicted molar refractivity (Wildman–Crippen MR) is 82.7 cm³/mol. The van der Waals surface area contributed by atoms with E-state index in [1.54, 1.807) is 0 Å². The Bertz CT molecular complexity index is 315. The summed E-state index contributed by atoms with van der Waals surface area (Å²) < 4.78 is 5.35. The van der Waals surface area contributed by atoms with E-state index in [0.717, 1.165) is 19.1 Å². The van der Waals surface area contributed by atoms with Gasteiger partial charge in [-0.3, -0.25) is 4.90 Å². The minimum Gasteiger partial charge on any atom is -0.384 e. The Morgan fingerprint density at radius 3 is 2.40 bits per heavy atom. The molecule has 3 rings (SSSR count). The highest BCUT2D eigenvalue weighted by molar-refractivity contribution is 5.02. The topological polar surface area (TPSA) is 38.5 Å². The molecule has 1 atom stereocenters. The molecular weight excluding hydrogens is 248 g/mol. The van der Waals surface area contributed by atoms with Crippen LogP contribution in [0.2, 0.25) is 0 Å². The number of likely N-dealkylation sites (tertiary alicyclic amines) is 1. The van der Waals surface area contributed by atoms with Crippen molar-refractivity contribution in [1.29, 1.82) is 0 Å². The Labute approximate surface area is 124 Å². The molecule has 0 aromatic rings. The van der Waals surface area contributed by atoms with Gasteiger partial charge in [0.05, 0.1) is 6.61 Å². The second-order valence-electron chi connectivity index (χ2n) is 7.69. The molecular formula is C17H32N2O. The molecule has 1 heterocycles. The first-order chi connectivity index (χ1) is 9.72. The summed E-state index contributed by atoms with van der Waals surface area (Å²) in [6.45, 7) is 4.21. The summed E-state index contributed by atoms with van der Waals surface area (Å²) in [6, 6.07) is 0. The maximum Gasteiger partial charge on any atom is 0.0503 e. The van der Waals surface area contributed by atoms with Crippen molar-refractivity contribution in [2.24, 2.45) is 17.1 Å². The fourth-order valence-electron chi connectivity index (χ4n) is 5.16. The van der Waals surface area contributed by atoms with Crippen LogP contribution in [0.1, 0.15) is 57.8 Å². The van der Waals surface area contributed by atoms with Gasteiger partial charge in [0, 0.05) is 25.7 Å². The molecule has 116 valence electrons. The molecule has 20 heavy (non-hydrogen) atoms. The SMILES string of the molecule is COCC1CCN(C2(CN)CCC3(CCCC3)CC2)C1. The lowest BCUT2D eigenvalue weighted by Crippen LogP contribution is -2.56. The van der Waals surface area contributed by atoms with Gasteiger partial charge in [-0.1, -0.05) is 12.8 Å². The van der Waals surface area contributed by atoms with Crippen LogP contribution in [-0.2, 0) is 4.74 Å². The van der Waals surface area contributed by atoms with Gasteiger partial charge in [0.25, 0.3) is 0 Å². The molecule has 2 N–H and O–H groups in total. The van der Waals surface area contributed by atoms with Gasteiger partial charge in [-0.15, -0.1) is 0 Å². The van der Waals surface area contributed by atoms with E-state index in [0.29, 0.717) is 11.0 Å². The highest BCUT2D eigenvalue weighted by Crippen LogP contribution is 2.52. The van der Waals surface area contributed by atoms with Crippen LogP contribution in [0.5, 0.6) is 0 Å². The summed E-state index contributed by atoms with van der Waals surface area (Å²) in [5, 5.41) is 0. The van der Waals surface area contributed by atoms with Crippen LogP contribution in [0, 0.1) is 11.3 Å². The number of hydrogen-bond donors (Lipinski definition) is 1. The van der Waals surface area contributed by atoms with Crippen LogP contribution in [0.3, 0.4) is 0 Å². The molecule has 2 aliphatic carbocycles. The van der Waals surface area contributed by atoms with Crippen molar-refractivity contribution in [2.45, 2.75) is 63.3 Å².